The molecule has 0 aromatic heterocycles. The normalized spacial score (nSPS) is 12.9. The number of nitrogens with one attached hydrogen (secondary N) is 2. The number of unbranched alkanes of at least 4 members (excludes halogenated alkanes) is 1. The highest BCUT2D eigenvalue weighted by Crippen LogP contribution is 2.25. The third-order valence-electron chi connectivity index (χ3n) is 5.63. The summed E-state index contributed by atoms with van der Waals surface area (Å²) >= 11 is 0. The first-order chi connectivity index (χ1) is 18.2. The number of anilines is 1. The van der Waals surface area contributed by atoms with Gasteiger partial charge in [-0.25, -0.2) is 8.42 Å². The zero-order valence-corrected chi connectivity index (χ0v) is 21.3. The first-order valence-electron chi connectivity index (χ1n) is 11.9. The molecular weight excluding hydrogens is 513 g/mol. The van der Waals surface area contributed by atoms with E-state index in [1.165, 1.54) is 35.9 Å². The van der Waals surface area contributed by atoms with Gasteiger partial charge < -0.3 is 25.7 Å². The zero-order valence-electron chi connectivity index (χ0n) is 20.5. The van der Waals surface area contributed by atoms with Crippen LogP contribution in [0.2, 0.25) is 0 Å². The molecule has 1 amide bonds. The van der Waals surface area contributed by atoms with Crippen molar-refractivity contribution >= 4 is 27.6 Å². The zero-order chi connectivity index (χ0) is 27.5. The monoisotopic (exact) mass is 542 g/mol. The van der Waals surface area contributed by atoms with Crippen LogP contribution < -0.4 is 25.6 Å². The van der Waals surface area contributed by atoms with Gasteiger partial charge in [0.15, 0.2) is 0 Å². The summed E-state index contributed by atoms with van der Waals surface area (Å²) in [7, 11) is -4.03. The molecule has 202 valence electrons. The summed E-state index contributed by atoms with van der Waals surface area (Å²) in [6.45, 7) is 0.352. The summed E-state index contributed by atoms with van der Waals surface area (Å²) in [4.78, 5) is 23.6. The van der Waals surface area contributed by atoms with E-state index in [9.17, 15) is 27.5 Å². The molecule has 2 atom stereocenters. The number of halogens is 1. The first-order valence-corrected chi connectivity index (χ1v) is 13.4. The van der Waals surface area contributed by atoms with Crippen LogP contribution in [0.4, 0.5) is 10.1 Å². The van der Waals surface area contributed by atoms with Crippen LogP contribution in [0.25, 0.3) is 0 Å². The quantitative estimate of drug-likeness (QED) is 0.207. The minimum atomic E-state index is -4.03. The summed E-state index contributed by atoms with van der Waals surface area (Å²) in [6.07, 6.45) is -0.399. The molecule has 11 heteroatoms. The number of hydrogen-bond donors (Lipinski definition) is 3. The van der Waals surface area contributed by atoms with Crippen molar-refractivity contribution in [3.8, 4) is 5.75 Å². The second-order valence-corrected chi connectivity index (χ2v) is 10.3. The van der Waals surface area contributed by atoms with Crippen LogP contribution in [0.1, 0.15) is 24.0 Å². The van der Waals surface area contributed by atoms with E-state index in [0.29, 0.717) is 18.5 Å². The van der Waals surface area contributed by atoms with Crippen molar-refractivity contribution in [2.75, 3.05) is 12.3 Å². The van der Waals surface area contributed by atoms with Crippen molar-refractivity contribution in [3.63, 3.8) is 0 Å². The number of ether oxygens (including phenoxy) is 1. The fourth-order valence-electron chi connectivity index (χ4n) is 3.70. The summed E-state index contributed by atoms with van der Waals surface area (Å²) in [5.74, 6) is -2.80. The molecule has 9 nitrogen and oxygen atoms in total. The minimum absolute atomic E-state index is 0.000177. The highest BCUT2D eigenvalue weighted by atomic mass is 32.2. The number of aliphatic carboxylic acids is 1. The molecule has 4 N–H and O–H groups in total. The third kappa shape index (κ3) is 8.56. The highest BCUT2D eigenvalue weighted by Gasteiger charge is 2.26. The Morgan fingerprint density at radius 3 is 2.24 bits per heavy atom. The number of carboxylic acid groups (broad SMARTS) is 1. The van der Waals surface area contributed by atoms with E-state index in [4.69, 9.17) is 5.73 Å². The predicted octanol–water partition coefficient (Wildman–Crippen LogP) is 1.72. The number of nitrogen functional groups attached to an aromatic ring is 1. The van der Waals surface area contributed by atoms with Gasteiger partial charge in [-0.15, -0.1) is 0 Å². The SMILES string of the molecule is Nc1cc(C[C@@H](NS(=O)(=O)c2ccccc2)C(=O)NCCCCc2ccccc2)ccc1OC(F)C(=O)[O-]. The number of carboxylic acids is 1. The summed E-state index contributed by atoms with van der Waals surface area (Å²) in [5.41, 5.74) is 7.41. The molecule has 0 saturated carbocycles. The lowest BCUT2D eigenvalue weighted by molar-refractivity contribution is -0.320. The van der Waals surface area contributed by atoms with E-state index in [-0.39, 0.29) is 22.8 Å². The Morgan fingerprint density at radius 2 is 1.61 bits per heavy atom. The van der Waals surface area contributed by atoms with Crippen LogP contribution in [0, 0.1) is 0 Å². The van der Waals surface area contributed by atoms with E-state index >= 15 is 0 Å². The van der Waals surface area contributed by atoms with E-state index < -0.39 is 34.3 Å². The van der Waals surface area contributed by atoms with Crippen LogP contribution in [0.5, 0.6) is 5.75 Å². The number of aryl methyl sites for hydroxylation is 1. The van der Waals surface area contributed by atoms with Gasteiger partial charge in [-0.2, -0.15) is 9.11 Å². The third-order valence-corrected chi connectivity index (χ3v) is 7.12. The minimum Gasteiger partial charge on any atom is -0.543 e. The number of carbonyl (C=O) groups excluding carboxylic acids is 2. The van der Waals surface area contributed by atoms with E-state index in [0.717, 1.165) is 12.8 Å². The Balaban J connectivity index is 1.69. The van der Waals surface area contributed by atoms with Crippen molar-refractivity contribution in [1.82, 2.24) is 10.0 Å². The molecule has 38 heavy (non-hydrogen) atoms. The number of carbonyl (C=O) groups is 2. The topological polar surface area (TPSA) is 151 Å². The fourth-order valence-corrected chi connectivity index (χ4v) is 4.92. The molecule has 0 heterocycles. The number of sulfonamides is 1. The van der Waals surface area contributed by atoms with Crippen LogP contribution in [0.15, 0.2) is 83.8 Å². The van der Waals surface area contributed by atoms with Gasteiger partial charge >= 0.3 is 0 Å². The van der Waals surface area contributed by atoms with Crippen molar-refractivity contribution in [3.05, 3.63) is 90.0 Å². The Bertz CT molecular complexity index is 1320. The maximum Gasteiger partial charge on any atom is 0.278 e. The number of amides is 1. The lowest BCUT2D eigenvalue weighted by Crippen LogP contribution is -2.48. The van der Waals surface area contributed by atoms with Crippen molar-refractivity contribution in [2.24, 2.45) is 0 Å². The molecule has 3 aromatic rings. The molecule has 3 aromatic carbocycles. The average Bonchev–Trinajstić information content (AvgIpc) is 2.90. The molecule has 0 aliphatic rings. The standard InChI is InChI=1S/C27H30FN3O6S/c28-25(27(33)34)37-24-15-14-20(17-22(24)29)18-23(31-38(35,36)21-12-5-2-6-13-21)26(32)30-16-8-7-11-19-9-3-1-4-10-19/h1-6,9-10,12-15,17,23,25,31H,7-8,11,16,18,29H2,(H,30,32)(H,33,34)/p-1/t23-,25?/m1/s1. The van der Waals surface area contributed by atoms with Gasteiger partial charge in [-0.1, -0.05) is 54.6 Å². The number of alkyl halides is 1. The summed E-state index contributed by atoms with van der Waals surface area (Å²) in [5, 5.41) is 13.4. The lowest BCUT2D eigenvalue weighted by Gasteiger charge is -2.20. The molecule has 0 aliphatic carbocycles. The molecule has 3 rings (SSSR count). The molecule has 0 aliphatic heterocycles. The number of hydrogen-bond acceptors (Lipinski definition) is 7. The van der Waals surface area contributed by atoms with E-state index in [1.54, 1.807) is 18.2 Å². The van der Waals surface area contributed by atoms with Crippen molar-refractivity contribution < 1.29 is 32.2 Å². The maximum absolute atomic E-state index is 13.4. The van der Waals surface area contributed by atoms with Crippen LogP contribution in [-0.2, 0) is 32.5 Å². The van der Waals surface area contributed by atoms with Gasteiger partial charge in [0.25, 0.3) is 6.36 Å². The number of rotatable bonds is 14. The Hall–Kier alpha value is -3.96. The van der Waals surface area contributed by atoms with Gasteiger partial charge in [0.2, 0.25) is 15.9 Å². The number of benzene rings is 3. The number of nitrogens with two attached hydrogens (primary N) is 1. The Labute approximate surface area is 220 Å². The van der Waals surface area contributed by atoms with Gasteiger partial charge in [-0.3, -0.25) is 4.79 Å². The van der Waals surface area contributed by atoms with Crippen LogP contribution >= 0.6 is 0 Å². The van der Waals surface area contributed by atoms with Crippen molar-refractivity contribution in [1.29, 1.82) is 0 Å². The molecule has 1 unspecified atom stereocenters. The molecule has 0 bridgehead atoms. The largest absolute Gasteiger partial charge is 0.543 e. The second-order valence-electron chi connectivity index (χ2n) is 8.55. The lowest BCUT2D eigenvalue weighted by atomic mass is 10.0. The first kappa shape index (κ1) is 28.6. The van der Waals surface area contributed by atoms with Crippen molar-refractivity contribution in [2.45, 2.75) is 43.0 Å². The molecule has 0 saturated heterocycles. The highest BCUT2D eigenvalue weighted by molar-refractivity contribution is 7.89. The van der Waals surface area contributed by atoms with Gasteiger partial charge in [-0.05, 0) is 61.1 Å². The average molecular weight is 543 g/mol. The molecular formula is C27H29FN3O6S-. The maximum atomic E-state index is 13.4. The predicted molar refractivity (Wildman–Crippen MR) is 138 cm³/mol. The van der Waals surface area contributed by atoms with Gasteiger partial charge in [0, 0.05) is 6.54 Å². The van der Waals surface area contributed by atoms with Gasteiger partial charge in [0.1, 0.15) is 17.8 Å². The summed E-state index contributed by atoms with van der Waals surface area (Å²) in [6, 6.07) is 20.4. The van der Waals surface area contributed by atoms with Crippen LogP contribution in [0.3, 0.4) is 0 Å². The summed E-state index contributed by atoms with van der Waals surface area (Å²) < 4.78 is 46.3. The van der Waals surface area contributed by atoms with E-state index in [1.807, 2.05) is 30.3 Å². The Morgan fingerprint density at radius 1 is 0.947 bits per heavy atom. The van der Waals surface area contributed by atoms with Crippen LogP contribution in [-0.4, -0.2) is 39.2 Å². The second kappa shape index (κ2) is 13.5. The van der Waals surface area contributed by atoms with Gasteiger partial charge in [0.05, 0.1) is 10.6 Å². The fraction of sp³-hybridized carbons (Fsp3) is 0.259. The van der Waals surface area contributed by atoms with E-state index in [2.05, 4.69) is 14.8 Å². The molecule has 0 fully saturated rings. The molecule has 0 spiro atoms. The molecule has 0 radical (unpaired) electrons. The Kier molecular flexibility index (Phi) is 10.2. The smallest absolute Gasteiger partial charge is 0.278 e.